The van der Waals surface area contributed by atoms with Crippen LogP contribution in [0.5, 0.6) is 5.75 Å². The highest BCUT2D eigenvalue weighted by Gasteiger charge is 2.54. The van der Waals surface area contributed by atoms with E-state index >= 15 is 0 Å². The van der Waals surface area contributed by atoms with Gasteiger partial charge in [-0.3, -0.25) is 14.9 Å². The quantitative estimate of drug-likeness (QED) is 0.790. The Morgan fingerprint density at radius 2 is 2.10 bits per heavy atom. The van der Waals surface area contributed by atoms with Gasteiger partial charge in [0.2, 0.25) is 0 Å². The summed E-state index contributed by atoms with van der Waals surface area (Å²) in [6.07, 6.45) is 4.40. The summed E-state index contributed by atoms with van der Waals surface area (Å²) in [5.41, 5.74) is 1.58. The molecule has 0 aliphatic carbocycles. The Bertz CT molecular complexity index is 538. The zero-order valence-electron chi connectivity index (χ0n) is 12.6. The van der Waals surface area contributed by atoms with Crippen molar-refractivity contribution >= 4 is 5.84 Å². The van der Waals surface area contributed by atoms with Gasteiger partial charge >= 0.3 is 0 Å². The number of nitrogens with one attached hydrogen (secondary N) is 2. The molecule has 0 atom stereocenters. The topological polar surface area (TPSA) is 63.6 Å². The molecule has 5 heteroatoms. The minimum atomic E-state index is -0.979. The summed E-state index contributed by atoms with van der Waals surface area (Å²) in [5, 5.41) is 11.1. The molecule has 1 aromatic carbocycles. The molecule has 2 N–H and O–H groups in total. The van der Waals surface area contributed by atoms with Gasteiger partial charge in [-0.15, -0.1) is 0 Å². The van der Waals surface area contributed by atoms with E-state index in [1.807, 2.05) is 25.1 Å². The molecule has 114 valence electrons. The second kappa shape index (κ2) is 5.66. The lowest BCUT2D eigenvalue weighted by Crippen LogP contribution is -2.57. The van der Waals surface area contributed by atoms with Gasteiger partial charge < -0.3 is 10.1 Å². The molecule has 0 bridgehead atoms. The van der Waals surface area contributed by atoms with Crippen LogP contribution in [-0.4, -0.2) is 18.7 Å². The van der Waals surface area contributed by atoms with Gasteiger partial charge in [0.25, 0.3) is 5.91 Å². The number of fused-ring (bicyclic) bond motifs is 2. The average Bonchev–Trinajstić information content (AvgIpc) is 2.73. The molecule has 0 radical (unpaired) electrons. The van der Waals surface area contributed by atoms with Gasteiger partial charge in [-0.1, -0.05) is 38.3 Å². The van der Waals surface area contributed by atoms with Crippen molar-refractivity contribution in [2.24, 2.45) is 0 Å². The third-order valence-electron chi connectivity index (χ3n) is 3.84. The van der Waals surface area contributed by atoms with Gasteiger partial charge in [-0.25, -0.2) is 0 Å². The molecule has 2 aliphatic heterocycles. The molecule has 0 unspecified atom stereocenters. The third kappa shape index (κ3) is 2.51. The highest BCUT2D eigenvalue weighted by molar-refractivity contribution is 6.03. The summed E-state index contributed by atoms with van der Waals surface area (Å²) in [4.78, 5) is 0. The predicted molar refractivity (Wildman–Crippen MR) is 79.4 cm³/mol. The van der Waals surface area contributed by atoms with Crippen LogP contribution in [0.15, 0.2) is 18.2 Å². The average molecular weight is 290 g/mol. The van der Waals surface area contributed by atoms with Crippen molar-refractivity contribution in [2.75, 3.05) is 6.61 Å². The molecule has 0 saturated carbocycles. The number of hydrogen-bond donors (Lipinski definition) is 2. The highest BCUT2D eigenvalue weighted by Crippen LogP contribution is 2.44. The third-order valence-corrected chi connectivity index (χ3v) is 3.84. The van der Waals surface area contributed by atoms with Crippen LogP contribution in [0.2, 0.25) is 0 Å². The Morgan fingerprint density at radius 1 is 1.29 bits per heavy atom. The van der Waals surface area contributed by atoms with Crippen LogP contribution in [0.1, 0.15) is 50.7 Å². The van der Waals surface area contributed by atoms with Crippen molar-refractivity contribution in [3.63, 3.8) is 0 Å². The molecular formula is C16H22N2O3. The van der Waals surface area contributed by atoms with E-state index in [0.717, 1.165) is 23.3 Å². The first kappa shape index (κ1) is 14.4. The fourth-order valence-corrected chi connectivity index (χ4v) is 2.85. The van der Waals surface area contributed by atoms with Crippen molar-refractivity contribution < 1.29 is 14.2 Å². The number of hydrogen-bond acceptors (Lipinski definition) is 4. The first-order valence-electron chi connectivity index (χ1n) is 7.65. The second-order valence-corrected chi connectivity index (χ2v) is 5.51. The van der Waals surface area contributed by atoms with Crippen LogP contribution in [0.3, 0.4) is 0 Å². The molecule has 2 aliphatic rings. The minimum Gasteiger partial charge on any atom is -0.493 e. The molecular weight excluding hydrogens is 268 g/mol. The first-order valence-corrected chi connectivity index (χ1v) is 7.65. The summed E-state index contributed by atoms with van der Waals surface area (Å²) in [6, 6.07) is 5.73. The highest BCUT2D eigenvalue weighted by atomic mass is 16.9. The lowest BCUT2D eigenvalue weighted by atomic mass is 10.1. The fourth-order valence-electron chi connectivity index (χ4n) is 2.85. The maximum absolute atomic E-state index is 8.13. The second-order valence-electron chi connectivity index (χ2n) is 5.51. The SMILES string of the molecule is CCCCCCOc1cccc2c1C(=N)NC21OC(C)O1. The molecule has 0 amide bonds. The number of rotatable bonds is 6. The molecule has 1 spiro atoms. The summed E-state index contributed by atoms with van der Waals surface area (Å²) >= 11 is 0. The molecule has 0 aromatic heterocycles. The number of benzene rings is 1. The molecule has 1 aromatic rings. The minimum absolute atomic E-state index is 0.255. The standard InChI is InChI=1S/C16H22N2O3/c1-3-4-5-6-10-19-13-9-7-8-12-14(13)15(17)18-16(12)20-11(2)21-16/h7-9,11H,3-6,10H2,1-2H3,(H2,17,18). The Labute approximate surface area is 125 Å². The van der Waals surface area contributed by atoms with Crippen molar-refractivity contribution in [1.82, 2.24) is 5.32 Å². The van der Waals surface area contributed by atoms with E-state index in [1.54, 1.807) is 0 Å². The van der Waals surface area contributed by atoms with Crippen LogP contribution in [0.25, 0.3) is 0 Å². The summed E-state index contributed by atoms with van der Waals surface area (Å²) in [7, 11) is 0. The zero-order valence-corrected chi connectivity index (χ0v) is 12.6. The number of amidine groups is 1. The lowest BCUT2D eigenvalue weighted by molar-refractivity contribution is -0.461. The molecule has 21 heavy (non-hydrogen) atoms. The molecule has 1 saturated heterocycles. The molecule has 3 rings (SSSR count). The Morgan fingerprint density at radius 3 is 2.81 bits per heavy atom. The van der Waals surface area contributed by atoms with E-state index in [2.05, 4.69) is 12.2 Å². The largest absolute Gasteiger partial charge is 0.493 e. The van der Waals surface area contributed by atoms with Gasteiger partial charge in [0.1, 0.15) is 11.6 Å². The summed E-state index contributed by atoms with van der Waals surface area (Å²) < 4.78 is 17.2. The van der Waals surface area contributed by atoms with Crippen LogP contribution >= 0.6 is 0 Å². The first-order chi connectivity index (χ1) is 10.2. The molecule has 2 heterocycles. The summed E-state index contributed by atoms with van der Waals surface area (Å²) in [5.74, 6) is 0.0409. The molecule has 1 fully saturated rings. The van der Waals surface area contributed by atoms with Gasteiger partial charge in [0.05, 0.1) is 12.2 Å². The Kier molecular flexibility index (Phi) is 3.87. The lowest BCUT2D eigenvalue weighted by Gasteiger charge is -2.43. The van der Waals surface area contributed by atoms with E-state index in [4.69, 9.17) is 19.6 Å². The predicted octanol–water partition coefficient (Wildman–Crippen LogP) is 3.08. The van der Waals surface area contributed by atoms with Crippen LogP contribution < -0.4 is 10.1 Å². The van der Waals surface area contributed by atoms with Gasteiger partial charge in [0, 0.05) is 5.56 Å². The van der Waals surface area contributed by atoms with E-state index in [0.29, 0.717) is 12.4 Å². The normalized spacial score (nSPS) is 26.4. The monoisotopic (exact) mass is 290 g/mol. The van der Waals surface area contributed by atoms with Crippen molar-refractivity contribution in [2.45, 2.75) is 51.7 Å². The maximum atomic E-state index is 8.13. The van der Waals surface area contributed by atoms with Crippen LogP contribution in [0, 0.1) is 5.41 Å². The fraction of sp³-hybridized carbons (Fsp3) is 0.562. The maximum Gasteiger partial charge on any atom is 0.284 e. The zero-order chi connectivity index (χ0) is 14.9. The Balaban J connectivity index is 1.73. The van der Waals surface area contributed by atoms with Gasteiger partial charge in [0.15, 0.2) is 6.29 Å². The van der Waals surface area contributed by atoms with Gasteiger partial charge in [-0.2, -0.15) is 0 Å². The summed E-state index contributed by atoms with van der Waals surface area (Å²) in [6.45, 7) is 4.70. The Hall–Kier alpha value is -1.59. The van der Waals surface area contributed by atoms with Crippen molar-refractivity contribution in [1.29, 1.82) is 5.41 Å². The van der Waals surface area contributed by atoms with E-state index < -0.39 is 5.91 Å². The van der Waals surface area contributed by atoms with Gasteiger partial charge in [-0.05, 0) is 19.4 Å². The van der Waals surface area contributed by atoms with E-state index in [9.17, 15) is 0 Å². The van der Waals surface area contributed by atoms with Crippen LogP contribution in [-0.2, 0) is 15.4 Å². The number of ether oxygens (including phenoxy) is 3. The van der Waals surface area contributed by atoms with E-state index in [1.165, 1.54) is 19.3 Å². The van der Waals surface area contributed by atoms with Crippen molar-refractivity contribution in [3.8, 4) is 5.75 Å². The molecule has 5 nitrogen and oxygen atoms in total. The van der Waals surface area contributed by atoms with Crippen LogP contribution in [0.4, 0.5) is 0 Å². The van der Waals surface area contributed by atoms with Crippen molar-refractivity contribution in [3.05, 3.63) is 29.3 Å². The smallest absolute Gasteiger partial charge is 0.284 e. The van der Waals surface area contributed by atoms with E-state index in [-0.39, 0.29) is 6.29 Å². The number of unbranched alkanes of at least 4 members (excludes halogenated alkanes) is 3.